The first kappa shape index (κ1) is 16.1. The molecule has 0 unspecified atom stereocenters. The highest BCUT2D eigenvalue weighted by molar-refractivity contribution is 5.48. The van der Waals surface area contributed by atoms with Gasteiger partial charge in [0.1, 0.15) is 17.5 Å². The van der Waals surface area contributed by atoms with Crippen molar-refractivity contribution in [3.05, 3.63) is 11.9 Å². The molecule has 0 atom stereocenters. The summed E-state index contributed by atoms with van der Waals surface area (Å²) >= 11 is 0. The molecule has 0 bridgehead atoms. The van der Waals surface area contributed by atoms with Crippen molar-refractivity contribution in [3.63, 3.8) is 0 Å². The lowest BCUT2D eigenvalue weighted by Gasteiger charge is -2.23. The Morgan fingerprint density at radius 2 is 1.52 bits per heavy atom. The monoisotopic (exact) mass is 290 g/mol. The van der Waals surface area contributed by atoms with Crippen LogP contribution in [0.1, 0.15) is 71.5 Å². The minimum Gasteiger partial charge on any atom is -0.373 e. The molecule has 4 nitrogen and oxygen atoms in total. The Balaban J connectivity index is 2.14. The van der Waals surface area contributed by atoms with Crippen molar-refractivity contribution in [2.24, 2.45) is 0 Å². The summed E-state index contributed by atoms with van der Waals surface area (Å²) in [7, 11) is 1.91. The average molecular weight is 290 g/mol. The van der Waals surface area contributed by atoms with Crippen molar-refractivity contribution < 1.29 is 0 Å². The fourth-order valence-corrected chi connectivity index (χ4v) is 2.79. The third kappa shape index (κ3) is 4.87. The highest BCUT2D eigenvalue weighted by Gasteiger charge is 2.20. The van der Waals surface area contributed by atoms with E-state index in [0.717, 1.165) is 17.5 Å². The molecule has 2 N–H and O–H groups in total. The Kier molecular flexibility index (Phi) is 5.43. The molecule has 2 rings (SSSR count). The third-order valence-electron chi connectivity index (χ3n) is 4.11. The molecule has 0 aromatic carbocycles. The molecule has 0 radical (unpaired) electrons. The molecule has 1 saturated carbocycles. The van der Waals surface area contributed by atoms with E-state index in [0.29, 0.717) is 6.04 Å². The van der Waals surface area contributed by atoms with Crippen LogP contribution in [0.3, 0.4) is 0 Å². The van der Waals surface area contributed by atoms with Crippen LogP contribution in [-0.2, 0) is 5.41 Å². The molecule has 1 aliphatic rings. The van der Waals surface area contributed by atoms with Crippen molar-refractivity contribution in [1.82, 2.24) is 9.97 Å². The molecule has 0 aliphatic heterocycles. The molecule has 1 fully saturated rings. The minimum absolute atomic E-state index is 0.0375. The molecule has 0 amide bonds. The SMILES string of the molecule is CNc1cc(NC2CCCCCCC2)nc(C(C)(C)C)n1. The van der Waals surface area contributed by atoms with Crippen molar-refractivity contribution in [3.8, 4) is 0 Å². The van der Waals surface area contributed by atoms with E-state index >= 15 is 0 Å². The van der Waals surface area contributed by atoms with Crippen LogP contribution in [0, 0.1) is 0 Å². The van der Waals surface area contributed by atoms with Gasteiger partial charge in [0, 0.05) is 24.6 Å². The summed E-state index contributed by atoms with van der Waals surface area (Å²) in [5.41, 5.74) is -0.0375. The summed E-state index contributed by atoms with van der Waals surface area (Å²) in [6.07, 6.45) is 9.31. The van der Waals surface area contributed by atoms with E-state index in [4.69, 9.17) is 4.98 Å². The van der Waals surface area contributed by atoms with Crippen LogP contribution in [0.4, 0.5) is 11.6 Å². The quantitative estimate of drug-likeness (QED) is 0.869. The van der Waals surface area contributed by atoms with Gasteiger partial charge in [-0.2, -0.15) is 0 Å². The van der Waals surface area contributed by atoms with Gasteiger partial charge in [-0.15, -0.1) is 0 Å². The average Bonchev–Trinajstić information content (AvgIpc) is 2.40. The van der Waals surface area contributed by atoms with Crippen LogP contribution in [0.2, 0.25) is 0 Å². The molecule has 4 heteroatoms. The van der Waals surface area contributed by atoms with Gasteiger partial charge in [-0.1, -0.05) is 52.9 Å². The molecule has 1 aromatic rings. The second kappa shape index (κ2) is 7.10. The fourth-order valence-electron chi connectivity index (χ4n) is 2.79. The van der Waals surface area contributed by atoms with E-state index in [-0.39, 0.29) is 5.41 Å². The number of aromatic nitrogens is 2. The highest BCUT2D eigenvalue weighted by Crippen LogP contribution is 2.24. The lowest BCUT2D eigenvalue weighted by molar-refractivity contribution is 0.470. The van der Waals surface area contributed by atoms with Crippen LogP contribution in [0.25, 0.3) is 0 Å². The molecule has 118 valence electrons. The van der Waals surface area contributed by atoms with Crippen LogP contribution >= 0.6 is 0 Å². The molecule has 1 aromatic heterocycles. The van der Waals surface area contributed by atoms with E-state index in [1.807, 2.05) is 13.1 Å². The number of nitrogens with one attached hydrogen (secondary N) is 2. The standard InChI is InChI=1S/C17H30N4/c1-17(2,3)16-20-14(18-4)12-15(21-16)19-13-10-8-6-5-7-9-11-13/h12-13H,5-11H2,1-4H3,(H2,18,19,20,21). The van der Waals surface area contributed by atoms with E-state index < -0.39 is 0 Å². The Hall–Kier alpha value is -1.32. The van der Waals surface area contributed by atoms with E-state index in [9.17, 15) is 0 Å². The van der Waals surface area contributed by atoms with Gasteiger partial charge in [0.25, 0.3) is 0 Å². The van der Waals surface area contributed by atoms with Crippen molar-refractivity contribution in [2.75, 3.05) is 17.7 Å². The van der Waals surface area contributed by atoms with Crippen LogP contribution < -0.4 is 10.6 Å². The van der Waals surface area contributed by atoms with Crippen LogP contribution in [0.15, 0.2) is 6.07 Å². The number of rotatable bonds is 3. The topological polar surface area (TPSA) is 49.8 Å². The molecule has 0 saturated heterocycles. The normalized spacial score (nSPS) is 17.9. The zero-order chi connectivity index (χ0) is 15.3. The lowest BCUT2D eigenvalue weighted by atomic mass is 9.95. The smallest absolute Gasteiger partial charge is 0.138 e. The molecule has 0 spiro atoms. The van der Waals surface area contributed by atoms with Gasteiger partial charge in [0.05, 0.1) is 0 Å². The zero-order valence-corrected chi connectivity index (χ0v) is 14.0. The first-order valence-electron chi connectivity index (χ1n) is 8.33. The first-order valence-corrected chi connectivity index (χ1v) is 8.33. The van der Waals surface area contributed by atoms with Gasteiger partial charge in [0.15, 0.2) is 0 Å². The van der Waals surface area contributed by atoms with Crippen LogP contribution in [-0.4, -0.2) is 23.1 Å². The van der Waals surface area contributed by atoms with Crippen LogP contribution in [0.5, 0.6) is 0 Å². The highest BCUT2D eigenvalue weighted by atomic mass is 15.1. The second-order valence-corrected chi connectivity index (χ2v) is 7.15. The minimum atomic E-state index is -0.0375. The first-order chi connectivity index (χ1) is 9.99. The second-order valence-electron chi connectivity index (χ2n) is 7.15. The Morgan fingerprint density at radius 3 is 2.10 bits per heavy atom. The van der Waals surface area contributed by atoms with Crippen molar-refractivity contribution in [1.29, 1.82) is 0 Å². The summed E-state index contributed by atoms with van der Waals surface area (Å²) in [6, 6.07) is 2.58. The maximum absolute atomic E-state index is 4.74. The van der Waals surface area contributed by atoms with E-state index in [1.165, 1.54) is 44.9 Å². The maximum Gasteiger partial charge on any atom is 0.138 e. The molecule has 21 heavy (non-hydrogen) atoms. The predicted octanol–water partition coefficient (Wildman–Crippen LogP) is 4.34. The van der Waals surface area contributed by atoms with Crippen molar-refractivity contribution >= 4 is 11.6 Å². The van der Waals surface area contributed by atoms with Gasteiger partial charge in [-0.25, -0.2) is 9.97 Å². The number of hydrogen-bond acceptors (Lipinski definition) is 4. The van der Waals surface area contributed by atoms with Gasteiger partial charge in [0.2, 0.25) is 0 Å². The predicted molar refractivity (Wildman–Crippen MR) is 90.0 cm³/mol. The largest absolute Gasteiger partial charge is 0.373 e. The fraction of sp³-hybridized carbons (Fsp3) is 0.765. The Labute approximate surface area is 129 Å². The van der Waals surface area contributed by atoms with E-state index in [2.05, 4.69) is 36.4 Å². The molecular weight excluding hydrogens is 260 g/mol. The molecular formula is C17H30N4. The van der Waals surface area contributed by atoms with Crippen molar-refractivity contribution in [2.45, 2.75) is 77.2 Å². The zero-order valence-electron chi connectivity index (χ0n) is 14.0. The summed E-state index contributed by atoms with van der Waals surface area (Å²) in [4.78, 5) is 9.33. The number of nitrogens with zero attached hydrogens (tertiary/aromatic N) is 2. The van der Waals surface area contributed by atoms with Gasteiger partial charge < -0.3 is 10.6 Å². The third-order valence-corrected chi connectivity index (χ3v) is 4.11. The molecule has 1 heterocycles. The van der Waals surface area contributed by atoms with Gasteiger partial charge >= 0.3 is 0 Å². The summed E-state index contributed by atoms with van der Waals surface area (Å²) in [5.74, 6) is 2.75. The Morgan fingerprint density at radius 1 is 0.952 bits per heavy atom. The summed E-state index contributed by atoms with van der Waals surface area (Å²) in [6.45, 7) is 6.46. The lowest BCUT2D eigenvalue weighted by Crippen LogP contribution is -2.23. The summed E-state index contributed by atoms with van der Waals surface area (Å²) < 4.78 is 0. The summed E-state index contributed by atoms with van der Waals surface area (Å²) in [5, 5.41) is 6.79. The number of anilines is 2. The maximum atomic E-state index is 4.74. The van der Waals surface area contributed by atoms with E-state index in [1.54, 1.807) is 0 Å². The molecule has 1 aliphatic carbocycles. The van der Waals surface area contributed by atoms with Gasteiger partial charge in [-0.05, 0) is 12.8 Å². The number of hydrogen-bond donors (Lipinski definition) is 2. The van der Waals surface area contributed by atoms with Gasteiger partial charge in [-0.3, -0.25) is 0 Å². The Bertz CT molecular complexity index is 443.